The highest BCUT2D eigenvalue weighted by Crippen LogP contribution is 2.29. The number of rotatable bonds is 6. The van der Waals surface area contributed by atoms with Gasteiger partial charge < -0.3 is 15.3 Å². The fourth-order valence-corrected chi connectivity index (χ4v) is 3.87. The van der Waals surface area contributed by atoms with Crippen LogP contribution in [0.3, 0.4) is 0 Å². The largest absolute Gasteiger partial charge is 0.392 e. The lowest BCUT2D eigenvalue weighted by Crippen LogP contribution is -2.43. The van der Waals surface area contributed by atoms with Crippen molar-refractivity contribution in [1.82, 2.24) is 10.2 Å². The maximum absolute atomic E-state index is 10.2. The number of aliphatic hydroxyl groups is 1. The molecule has 1 heterocycles. The Morgan fingerprint density at radius 2 is 1.79 bits per heavy atom. The Morgan fingerprint density at radius 1 is 1.16 bits per heavy atom. The molecular weight excluding hydrogens is 236 g/mol. The Kier molecular flexibility index (Phi) is 6.11. The monoisotopic (exact) mass is 268 g/mol. The fraction of sp³-hybridized carbons (Fsp3) is 1.00. The van der Waals surface area contributed by atoms with Crippen LogP contribution in [0.2, 0.25) is 0 Å². The van der Waals surface area contributed by atoms with Gasteiger partial charge >= 0.3 is 0 Å². The minimum Gasteiger partial charge on any atom is -0.392 e. The first kappa shape index (κ1) is 15.3. The first-order valence-corrected chi connectivity index (χ1v) is 8.26. The third-order valence-corrected chi connectivity index (χ3v) is 5.34. The molecule has 2 fully saturated rings. The molecule has 0 aromatic rings. The highest BCUT2D eigenvalue weighted by molar-refractivity contribution is 4.80. The lowest BCUT2D eigenvalue weighted by atomic mass is 9.90. The number of piperidine rings is 1. The predicted octanol–water partition coefficient (Wildman–Crippen LogP) is 2.25. The summed E-state index contributed by atoms with van der Waals surface area (Å²) < 4.78 is 0. The maximum Gasteiger partial charge on any atom is 0.0669 e. The van der Waals surface area contributed by atoms with Gasteiger partial charge in [0.05, 0.1) is 6.10 Å². The van der Waals surface area contributed by atoms with Gasteiger partial charge in [-0.1, -0.05) is 25.7 Å². The van der Waals surface area contributed by atoms with E-state index >= 15 is 0 Å². The Labute approximate surface area is 118 Å². The third-order valence-electron chi connectivity index (χ3n) is 5.34. The van der Waals surface area contributed by atoms with Crippen LogP contribution >= 0.6 is 0 Å². The number of aliphatic hydroxyl groups excluding tert-OH is 1. The zero-order valence-corrected chi connectivity index (χ0v) is 12.8. The van der Waals surface area contributed by atoms with Crippen LogP contribution in [0.15, 0.2) is 0 Å². The van der Waals surface area contributed by atoms with Gasteiger partial charge in [0.15, 0.2) is 0 Å². The van der Waals surface area contributed by atoms with Crippen molar-refractivity contribution in [2.45, 2.75) is 64.0 Å². The van der Waals surface area contributed by atoms with E-state index in [1.54, 1.807) is 0 Å². The first-order chi connectivity index (χ1) is 9.19. The van der Waals surface area contributed by atoms with Crippen molar-refractivity contribution in [3.05, 3.63) is 0 Å². The summed E-state index contributed by atoms with van der Waals surface area (Å²) in [6, 6.07) is 0.630. The molecule has 0 bridgehead atoms. The van der Waals surface area contributed by atoms with Crippen LogP contribution in [0, 0.1) is 11.8 Å². The van der Waals surface area contributed by atoms with Gasteiger partial charge in [0.1, 0.15) is 0 Å². The van der Waals surface area contributed by atoms with Gasteiger partial charge in [-0.2, -0.15) is 0 Å². The quantitative estimate of drug-likeness (QED) is 0.775. The minimum absolute atomic E-state index is 0.0960. The predicted molar refractivity (Wildman–Crippen MR) is 80.3 cm³/mol. The molecule has 2 rings (SSSR count). The number of nitrogens with zero attached hydrogens (tertiary/aromatic N) is 1. The van der Waals surface area contributed by atoms with Gasteiger partial charge in [0.2, 0.25) is 0 Å². The van der Waals surface area contributed by atoms with Crippen molar-refractivity contribution in [3.63, 3.8) is 0 Å². The van der Waals surface area contributed by atoms with E-state index in [0.29, 0.717) is 6.04 Å². The molecule has 1 aliphatic carbocycles. The van der Waals surface area contributed by atoms with E-state index in [2.05, 4.69) is 24.2 Å². The summed E-state index contributed by atoms with van der Waals surface area (Å²) in [4.78, 5) is 2.47. The number of hydrogen-bond acceptors (Lipinski definition) is 3. The van der Waals surface area contributed by atoms with Crippen molar-refractivity contribution in [2.75, 3.05) is 26.7 Å². The molecule has 0 aromatic heterocycles. The van der Waals surface area contributed by atoms with E-state index < -0.39 is 0 Å². The van der Waals surface area contributed by atoms with Gasteiger partial charge in [-0.3, -0.25) is 0 Å². The van der Waals surface area contributed by atoms with Crippen LogP contribution in [0.1, 0.15) is 51.9 Å². The first-order valence-electron chi connectivity index (χ1n) is 8.26. The summed E-state index contributed by atoms with van der Waals surface area (Å²) in [6.45, 7) is 5.52. The molecule has 2 atom stereocenters. The van der Waals surface area contributed by atoms with Crippen LogP contribution in [0.25, 0.3) is 0 Å². The summed E-state index contributed by atoms with van der Waals surface area (Å²) in [5.74, 6) is 1.62. The Bertz CT molecular complexity index is 245. The summed E-state index contributed by atoms with van der Waals surface area (Å²) >= 11 is 0. The molecule has 0 radical (unpaired) electrons. The summed E-state index contributed by atoms with van der Waals surface area (Å²) in [5.41, 5.74) is 0. The van der Waals surface area contributed by atoms with Crippen LogP contribution in [0.5, 0.6) is 0 Å². The molecule has 3 nitrogen and oxygen atoms in total. The fourth-order valence-electron chi connectivity index (χ4n) is 3.87. The van der Waals surface area contributed by atoms with Crippen LogP contribution < -0.4 is 5.32 Å². The van der Waals surface area contributed by atoms with Crippen molar-refractivity contribution in [2.24, 2.45) is 11.8 Å². The van der Waals surface area contributed by atoms with Gasteiger partial charge in [-0.05, 0) is 58.2 Å². The molecule has 0 aromatic carbocycles. The van der Waals surface area contributed by atoms with Crippen molar-refractivity contribution < 1.29 is 5.11 Å². The lowest BCUT2D eigenvalue weighted by molar-refractivity contribution is 0.0694. The second kappa shape index (κ2) is 7.61. The van der Waals surface area contributed by atoms with Crippen LogP contribution in [-0.4, -0.2) is 48.8 Å². The number of hydrogen-bond donors (Lipinski definition) is 2. The lowest BCUT2D eigenvalue weighted by Gasteiger charge is -2.36. The number of nitrogens with one attached hydrogen (secondary N) is 1. The van der Waals surface area contributed by atoms with E-state index in [1.165, 1.54) is 51.6 Å². The second-order valence-corrected chi connectivity index (χ2v) is 6.76. The third kappa shape index (κ3) is 4.73. The molecule has 2 aliphatic rings. The Hall–Kier alpha value is -0.120. The minimum atomic E-state index is -0.0960. The Balaban J connectivity index is 1.64. The van der Waals surface area contributed by atoms with E-state index in [0.717, 1.165) is 24.8 Å². The molecule has 2 unspecified atom stereocenters. The molecule has 1 aliphatic heterocycles. The Morgan fingerprint density at radius 3 is 2.37 bits per heavy atom. The number of likely N-dealkylation sites (tertiary alicyclic amines) is 1. The molecule has 19 heavy (non-hydrogen) atoms. The van der Waals surface area contributed by atoms with Gasteiger partial charge in [-0.25, -0.2) is 0 Å². The smallest absolute Gasteiger partial charge is 0.0669 e. The normalized spacial score (nSPS) is 26.7. The zero-order chi connectivity index (χ0) is 13.7. The van der Waals surface area contributed by atoms with Crippen molar-refractivity contribution in [1.29, 1.82) is 0 Å². The molecule has 2 N–H and O–H groups in total. The van der Waals surface area contributed by atoms with Crippen molar-refractivity contribution in [3.8, 4) is 0 Å². The molecule has 0 spiro atoms. The van der Waals surface area contributed by atoms with E-state index in [-0.39, 0.29) is 6.10 Å². The molecule has 1 saturated heterocycles. The standard InChI is InChI=1S/C16H32N2O/c1-13(17-2)15-7-9-18(10-8-15)12-16(19)11-14-5-3-4-6-14/h13-17,19H,3-12H2,1-2H3. The second-order valence-electron chi connectivity index (χ2n) is 6.76. The summed E-state index contributed by atoms with van der Waals surface area (Å²) in [7, 11) is 2.06. The zero-order valence-electron chi connectivity index (χ0n) is 12.8. The average Bonchev–Trinajstić information content (AvgIpc) is 2.91. The maximum atomic E-state index is 10.2. The van der Waals surface area contributed by atoms with Gasteiger partial charge in [-0.15, -0.1) is 0 Å². The highest BCUT2D eigenvalue weighted by Gasteiger charge is 2.25. The molecular formula is C16H32N2O. The van der Waals surface area contributed by atoms with Gasteiger partial charge in [0, 0.05) is 12.6 Å². The molecule has 0 amide bonds. The molecule has 112 valence electrons. The highest BCUT2D eigenvalue weighted by atomic mass is 16.3. The van der Waals surface area contributed by atoms with Gasteiger partial charge in [0.25, 0.3) is 0 Å². The van der Waals surface area contributed by atoms with Crippen LogP contribution in [0.4, 0.5) is 0 Å². The van der Waals surface area contributed by atoms with Crippen LogP contribution in [-0.2, 0) is 0 Å². The average molecular weight is 268 g/mol. The van der Waals surface area contributed by atoms with Crippen molar-refractivity contribution >= 4 is 0 Å². The number of β-amino-alcohol motifs (C(OH)–C–C–N with tert-alkyl or cyclic N) is 1. The topological polar surface area (TPSA) is 35.5 Å². The SMILES string of the molecule is CNC(C)C1CCN(CC(O)CC2CCCC2)CC1. The summed E-state index contributed by atoms with van der Waals surface area (Å²) in [5, 5.41) is 13.6. The summed E-state index contributed by atoms with van der Waals surface area (Å²) in [6.07, 6.45) is 8.94. The molecule has 1 saturated carbocycles. The van der Waals surface area contributed by atoms with E-state index in [9.17, 15) is 5.11 Å². The van der Waals surface area contributed by atoms with E-state index in [1.807, 2.05) is 0 Å². The molecule has 3 heteroatoms. The van der Waals surface area contributed by atoms with E-state index in [4.69, 9.17) is 0 Å².